The third kappa shape index (κ3) is 3.78. The van der Waals surface area contributed by atoms with Gasteiger partial charge in [-0.1, -0.05) is 19.1 Å². The van der Waals surface area contributed by atoms with Crippen molar-refractivity contribution in [3.8, 4) is 0 Å². The summed E-state index contributed by atoms with van der Waals surface area (Å²) in [7, 11) is 0. The van der Waals surface area contributed by atoms with Gasteiger partial charge in [0.15, 0.2) is 0 Å². The maximum absolute atomic E-state index is 12.4. The van der Waals surface area contributed by atoms with Gasteiger partial charge in [-0.15, -0.1) is 0 Å². The molecule has 0 unspecified atom stereocenters. The first kappa shape index (κ1) is 18.5. The van der Waals surface area contributed by atoms with Crippen LogP contribution in [0.25, 0.3) is 0 Å². The van der Waals surface area contributed by atoms with Gasteiger partial charge >= 0.3 is 5.97 Å². The number of carbonyl (C=O) groups excluding carboxylic acids is 2. The fraction of sp³-hybridized carbons (Fsp3) is 0.526. The summed E-state index contributed by atoms with van der Waals surface area (Å²) >= 11 is 0. The maximum Gasteiger partial charge on any atom is 0.317 e. The molecule has 0 bridgehead atoms. The minimum absolute atomic E-state index is 0.0796. The maximum atomic E-state index is 12.4. The van der Waals surface area contributed by atoms with Crippen LogP contribution in [0.3, 0.4) is 0 Å². The number of benzene rings is 1. The molecule has 2 aliphatic rings. The number of piperidine rings is 1. The number of likely N-dealkylation sites (tertiary alicyclic amines) is 1. The quantitative estimate of drug-likeness (QED) is 0.736. The van der Waals surface area contributed by atoms with Crippen molar-refractivity contribution in [2.75, 3.05) is 39.3 Å². The summed E-state index contributed by atoms with van der Waals surface area (Å²) in [5.41, 5.74) is 0.979. The number of imide groups is 1. The molecule has 1 fully saturated rings. The molecule has 0 spiro atoms. The minimum Gasteiger partial charge on any atom is -0.480 e. The van der Waals surface area contributed by atoms with Gasteiger partial charge in [0.2, 0.25) is 0 Å². The van der Waals surface area contributed by atoms with Crippen LogP contribution in [-0.4, -0.2) is 82.9 Å². The summed E-state index contributed by atoms with van der Waals surface area (Å²) in [6.45, 7) is 5.54. The minimum atomic E-state index is -0.792. The van der Waals surface area contributed by atoms with Crippen molar-refractivity contribution in [1.29, 1.82) is 0 Å². The molecule has 1 aromatic carbocycles. The second-order valence-electron chi connectivity index (χ2n) is 6.84. The Morgan fingerprint density at radius 2 is 1.69 bits per heavy atom. The number of carboxylic acid groups (broad SMARTS) is 1. The monoisotopic (exact) mass is 359 g/mol. The van der Waals surface area contributed by atoms with E-state index in [1.54, 1.807) is 24.3 Å². The van der Waals surface area contributed by atoms with E-state index in [0.717, 1.165) is 32.5 Å². The number of nitrogens with zero attached hydrogens (tertiary/aromatic N) is 3. The van der Waals surface area contributed by atoms with Crippen LogP contribution < -0.4 is 0 Å². The van der Waals surface area contributed by atoms with Gasteiger partial charge in [-0.25, -0.2) is 0 Å². The van der Waals surface area contributed by atoms with Crippen LogP contribution in [0.5, 0.6) is 0 Å². The Hall–Kier alpha value is -2.25. The highest BCUT2D eigenvalue weighted by Crippen LogP contribution is 2.22. The molecular formula is C19H25N3O4. The summed E-state index contributed by atoms with van der Waals surface area (Å²) < 4.78 is 0. The van der Waals surface area contributed by atoms with E-state index in [-0.39, 0.29) is 24.4 Å². The largest absolute Gasteiger partial charge is 0.480 e. The molecule has 3 rings (SSSR count). The SMILES string of the molecule is CCN(CC(=O)O)C1CCN(CCN2C(=O)c3ccccc3C2=O)CC1. The Morgan fingerprint density at radius 1 is 1.12 bits per heavy atom. The van der Waals surface area contributed by atoms with Crippen molar-refractivity contribution >= 4 is 17.8 Å². The predicted molar refractivity (Wildman–Crippen MR) is 96.2 cm³/mol. The number of hydrogen-bond donors (Lipinski definition) is 1. The van der Waals surface area contributed by atoms with Gasteiger partial charge in [0.1, 0.15) is 0 Å². The van der Waals surface area contributed by atoms with Crippen LogP contribution in [0.4, 0.5) is 0 Å². The zero-order valence-electron chi connectivity index (χ0n) is 15.1. The highest BCUT2D eigenvalue weighted by Gasteiger charge is 2.35. The number of amides is 2. The Balaban J connectivity index is 1.50. The standard InChI is InChI=1S/C19H25N3O4/c1-2-21(13-17(23)24)14-7-9-20(10-8-14)11-12-22-18(25)15-5-3-4-6-16(15)19(22)26/h3-6,14H,2,7-13H2,1H3,(H,23,24). The molecule has 26 heavy (non-hydrogen) atoms. The van der Waals surface area contributed by atoms with E-state index in [9.17, 15) is 14.4 Å². The van der Waals surface area contributed by atoms with E-state index in [1.165, 1.54) is 4.90 Å². The van der Waals surface area contributed by atoms with Crippen LogP contribution in [0, 0.1) is 0 Å². The lowest BCUT2D eigenvalue weighted by atomic mass is 10.0. The van der Waals surface area contributed by atoms with E-state index in [2.05, 4.69) is 4.90 Å². The van der Waals surface area contributed by atoms with Crippen LogP contribution in [-0.2, 0) is 4.79 Å². The first-order valence-electron chi connectivity index (χ1n) is 9.14. The van der Waals surface area contributed by atoms with E-state index in [1.807, 2.05) is 11.8 Å². The molecule has 0 atom stereocenters. The molecule has 1 N–H and O–H groups in total. The van der Waals surface area contributed by atoms with Crippen molar-refractivity contribution in [3.05, 3.63) is 35.4 Å². The fourth-order valence-corrected chi connectivity index (χ4v) is 3.86. The lowest BCUT2D eigenvalue weighted by Gasteiger charge is -2.37. The molecule has 2 heterocycles. The van der Waals surface area contributed by atoms with Crippen LogP contribution in [0.2, 0.25) is 0 Å². The van der Waals surface area contributed by atoms with Crippen molar-refractivity contribution in [2.24, 2.45) is 0 Å². The third-order valence-corrected chi connectivity index (χ3v) is 5.34. The summed E-state index contributed by atoms with van der Waals surface area (Å²) in [5, 5.41) is 9.01. The normalized spacial score (nSPS) is 18.6. The number of aliphatic carboxylic acids is 1. The highest BCUT2D eigenvalue weighted by atomic mass is 16.4. The number of carbonyl (C=O) groups is 3. The average molecular weight is 359 g/mol. The molecule has 2 amide bonds. The first-order valence-corrected chi connectivity index (χ1v) is 9.14. The van der Waals surface area contributed by atoms with Crippen molar-refractivity contribution in [3.63, 3.8) is 0 Å². The predicted octanol–water partition coefficient (Wildman–Crippen LogP) is 1.15. The van der Waals surface area contributed by atoms with E-state index in [4.69, 9.17) is 5.11 Å². The number of hydrogen-bond acceptors (Lipinski definition) is 5. The molecule has 1 aromatic rings. The van der Waals surface area contributed by atoms with Crippen LogP contribution in [0.15, 0.2) is 24.3 Å². The van der Waals surface area contributed by atoms with Crippen LogP contribution >= 0.6 is 0 Å². The Bertz CT molecular complexity index is 663. The molecule has 2 aliphatic heterocycles. The Labute approximate surface area is 153 Å². The van der Waals surface area contributed by atoms with E-state index >= 15 is 0 Å². The number of fused-ring (bicyclic) bond motifs is 1. The van der Waals surface area contributed by atoms with Gasteiger partial charge in [0, 0.05) is 19.1 Å². The molecule has 0 saturated carbocycles. The lowest BCUT2D eigenvalue weighted by molar-refractivity contribution is -0.139. The van der Waals surface area contributed by atoms with Gasteiger partial charge in [-0.05, 0) is 44.6 Å². The lowest BCUT2D eigenvalue weighted by Crippen LogP contribution is -2.48. The fourth-order valence-electron chi connectivity index (χ4n) is 3.86. The molecular weight excluding hydrogens is 334 g/mol. The van der Waals surface area contributed by atoms with Crippen LogP contribution in [0.1, 0.15) is 40.5 Å². The van der Waals surface area contributed by atoms with Gasteiger partial charge in [-0.2, -0.15) is 0 Å². The van der Waals surface area contributed by atoms with Gasteiger partial charge in [0.05, 0.1) is 17.7 Å². The zero-order chi connectivity index (χ0) is 18.7. The second-order valence-corrected chi connectivity index (χ2v) is 6.84. The van der Waals surface area contributed by atoms with E-state index < -0.39 is 5.97 Å². The first-order chi connectivity index (χ1) is 12.5. The van der Waals surface area contributed by atoms with E-state index in [0.29, 0.717) is 24.2 Å². The molecule has 0 radical (unpaired) electrons. The van der Waals surface area contributed by atoms with Crippen molar-refractivity contribution in [1.82, 2.24) is 14.7 Å². The topological polar surface area (TPSA) is 81.2 Å². The second kappa shape index (κ2) is 7.97. The van der Waals surface area contributed by atoms with Crippen molar-refractivity contribution < 1.29 is 19.5 Å². The Kier molecular flexibility index (Phi) is 5.68. The molecule has 0 aliphatic carbocycles. The van der Waals surface area contributed by atoms with Gasteiger partial charge in [-0.3, -0.25) is 24.2 Å². The average Bonchev–Trinajstić information content (AvgIpc) is 2.89. The number of carboxylic acids is 1. The molecule has 7 nitrogen and oxygen atoms in total. The van der Waals surface area contributed by atoms with Crippen molar-refractivity contribution in [2.45, 2.75) is 25.8 Å². The summed E-state index contributed by atoms with van der Waals surface area (Å²) in [5.74, 6) is -1.21. The zero-order valence-corrected chi connectivity index (χ0v) is 15.1. The third-order valence-electron chi connectivity index (χ3n) is 5.34. The van der Waals surface area contributed by atoms with Gasteiger partial charge in [0.25, 0.3) is 11.8 Å². The number of likely N-dealkylation sites (N-methyl/N-ethyl adjacent to an activating group) is 1. The summed E-state index contributed by atoms with van der Waals surface area (Å²) in [6.07, 6.45) is 1.81. The highest BCUT2D eigenvalue weighted by molar-refractivity contribution is 6.21. The smallest absolute Gasteiger partial charge is 0.317 e. The Morgan fingerprint density at radius 3 is 2.19 bits per heavy atom. The summed E-state index contributed by atoms with van der Waals surface area (Å²) in [4.78, 5) is 41.3. The molecule has 7 heteroatoms. The number of rotatable bonds is 7. The molecule has 1 saturated heterocycles. The summed E-state index contributed by atoms with van der Waals surface area (Å²) in [6, 6.07) is 7.22. The molecule has 0 aromatic heterocycles. The van der Waals surface area contributed by atoms with Gasteiger partial charge < -0.3 is 10.0 Å². The molecule has 140 valence electrons.